The van der Waals surface area contributed by atoms with Gasteiger partial charge in [0.25, 0.3) is 0 Å². The molecule has 31 heavy (non-hydrogen) atoms. The van der Waals surface area contributed by atoms with Crippen LogP contribution in [0.4, 0.5) is 4.39 Å². The maximum Gasteiger partial charge on any atom is 0.239 e. The first-order valence-electron chi connectivity index (χ1n) is 10.6. The quantitative estimate of drug-likeness (QED) is 0.536. The van der Waals surface area contributed by atoms with Crippen LogP contribution in [0.5, 0.6) is 5.88 Å². The Morgan fingerprint density at radius 2 is 1.90 bits per heavy atom. The van der Waals surface area contributed by atoms with Gasteiger partial charge in [-0.25, -0.2) is 4.39 Å². The number of ether oxygens (including phenoxy) is 2. The molecule has 0 spiro atoms. The van der Waals surface area contributed by atoms with Crippen LogP contribution in [0.25, 0.3) is 0 Å². The molecule has 2 fully saturated rings. The van der Waals surface area contributed by atoms with Crippen molar-refractivity contribution in [1.29, 1.82) is 0 Å². The van der Waals surface area contributed by atoms with Gasteiger partial charge in [-0.3, -0.25) is 4.68 Å². The normalized spacial score (nSPS) is 29.1. The number of aliphatic hydroxyl groups excluding tert-OH is 4. The standard InChI is InChI=1S/C22H29FN2O6/c1-11-6-7-13(9-16(11)23)8-15-12(2)25(14-4-3-5-14)24-21(15)31-22-20(29)19(28)18(27)17(10-26)30-22/h6-7,9,14,17-20,22,26-29H,3-5,8,10H2,1-2H3/t17-,18-,19+,20-,22+/m1/s1. The van der Waals surface area contributed by atoms with E-state index in [2.05, 4.69) is 5.10 Å². The van der Waals surface area contributed by atoms with Crippen molar-refractivity contribution in [3.8, 4) is 5.88 Å². The van der Waals surface area contributed by atoms with Crippen LogP contribution >= 0.6 is 0 Å². The van der Waals surface area contributed by atoms with Gasteiger partial charge in [0.2, 0.25) is 12.2 Å². The second-order valence-corrected chi connectivity index (χ2v) is 8.47. The number of nitrogens with zero attached hydrogens (tertiary/aromatic N) is 2. The number of aromatic nitrogens is 2. The van der Waals surface area contributed by atoms with Gasteiger partial charge in [-0.05, 0) is 50.3 Å². The molecule has 2 aromatic rings. The summed E-state index contributed by atoms with van der Waals surface area (Å²) in [6.45, 7) is 3.08. The summed E-state index contributed by atoms with van der Waals surface area (Å²) in [7, 11) is 0. The lowest BCUT2D eigenvalue weighted by atomic mass is 9.93. The van der Waals surface area contributed by atoms with E-state index in [9.17, 15) is 24.8 Å². The van der Waals surface area contributed by atoms with Gasteiger partial charge in [0, 0.05) is 17.7 Å². The second kappa shape index (κ2) is 8.84. The maximum atomic E-state index is 14.1. The molecule has 0 unspecified atom stereocenters. The highest BCUT2D eigenvalue weighted by molar-refractivity contribution is 5.38. The molecule has 0 amide bonds. The van der Waals surface area contributed by atoms with Crippen molar-refractivity contribution < 1.29 is 34.3 Å². The van der Waals surface area contributed by atoms with Crippen molar-refractivity contribution in [1.82, 2.24) is 9.78 Å². The average molecular weight is 436 g/mol. The van der Waals surface area contributed by atoms with Gasteiger partial charge in [0.1, 0.15) is 30.2 Å². The molecule has 2 aliphatic rings. The van der Waals surface area contributed by atoms with Crippen molar-refractivity contribution in [2.24, 2.45) is 0 Å². The minimum atomic E-state index is -1.54. The molecule has 2 heterocycles. The van der Waals surface area contributed by atoms with Crippen molar-refractivity contribution >= 4 is 0 Å². The van der Waals surface area contributed by atoms with E-state index in [0.717, 1.165) is 36.1 Å². The summed E-state index contributed by atoms with van der Waals surface area (Å²) in [5.41, 5.74) is 2.92. The predicted octanol–water partition coefficient (Wildman–Crippen LogP) is 1.13. The number of rotatable bonds is 6. The summed E-state index contributed by atoms with van der Waals surface area (Å²) in [6.07, 6.45) is -3.46. The molecule has 1 aromatic carbocycles. The zero-order chi connectivity index (χ0) is 22.3. The lowest BCUT2D eigenvalue weighted by Crippen LogP contribution is -2.60. The van der Waals surface area contributed by atoms with Crippen molar-refractivity contribution in [2.75, 3.05) is 6.61 Å². The van der Waals surface area contributed by atoms with Crippen LogP contribution in [-0.4, -0.2) is 67.5 Å². The summed E-state index contributed by atoms with van der Waals surface area (Å²) in [5.74, 6) is -0.0762. The summed E-state index contributed by atoms with van der Waals surface area (Å²) in [6, 6.07) is 5.29. The van der Waals surface area contributed by atoms with E-state index in [0.29, 0.717) is 12.0 Å². The lowest BCUT2D eigenvalue weighted by molar-refractivity contribution is -0.278. The van der Waals surface area contributed by atoms with Crippen molar-refractivity contribution in [2.45, 2.75) is 76.3 Å². The zero-order valence-electron chi connectivity index (χ0n) is 17.6. The fraction of sp³-hybridized carbons (Fsp3) is 0.591. The Morgan fingerprint density at radius 3 is 2.52 bits per heavy atom. The Bertz CT molecular complexity index is 929. The fourth-order valence-electron chi connectivity index (χ4n) is 4.04. The smallest absolute Gasteiger partial charge is 0.239 e. The van der Waals surface area contributed by atoms with Crippen LogP contribution < -0.4 is 4.74 Å². The van der Waals surface area contributed by atoms with Crippen molar-refractivity contribution in [3.63, 3.8) is 0 Å². The third kappa shape index (κ3) is 4.20. The van der Waals surface area contributed by atoms with E-state index < -0.39 is 37.3 Å². The molecular weight excluding hydrogens is 407 g/mol. The molecule has 4 rings (SSSR count). The molecule has 1 aromatic heterocycles. The van der Waals surface area contributed by atoms with Crippen LogP contribution in [0.3, 0.4) is 0 Å². The Morgan fingerprint density at radius 1 is 1.16 bits per heavy atom. The molecule has 1 saturated carbocycles. The van der Waals surface area contributed by atoms with E-state index in [1.165, 1.54) is 6.07 Å². The van der Waals surface area contributed by atoms with E-state index in [-0.39, 0.29) is 17.7 Å². The van der Waals surface area contributed by atoms with Gasteiger partial charge >= 0.3 is 0 Å². The van der Waals surface area contributed by atoms with Crippen LogP contribution in [-0.2, 0) is 11.2 Å². The number of hydrogen-bond donors (Lipinski definition) is 4. The van der Waals surface area contributed by atoms with Gasteiger partial charge in [0.05, 0.1) is 12.6 Å². The molecule has 8 nitrogen and oxygen atoms in total. The summed E-state index contributed by atoms with van der Waals surface area (Å²) >= 11 is 0. The lowest BCUT2D eigenvalue weighted by Gasteiger charge is -2.39. The Hall–Kier alpha value is -2.04. The van der Waals surface area contributed by atoms with Gasteiger partial charge in [-0.2, -0.15) is 0 Å². The number of hydrogen-bond acceptors (Lipinski definition) is 7. The van der Waals surface area contributed by atoms with E-state index in [1.807, 2.05) is 17.7 Å². The summed E-state index contributed by atoms with van der Waals surface area (Å²) < 4.78 is 27.3. The van der Waals surface area contributed by atoms with Crippen LogP contribution in [0.2, 0.25) is 0 Å². The van der Waals surface area contributed by atoms with Crippen molar-refractivity contribution in [3.05, 3.63) is 46.4 Å². The zero-order valence-corrected chi connectivity index (χ0v) is 17.6. The first-order valence-corrected chi connectivity index (χ1v) is 10.6. The SMILES string of the molecule is Cc1ccc(Cc2c(O[C@@H]3O[C@H](CO)[C@@H](O)[C@H](O)[C@H]3O)nn(C3CCC3)c2C)cc1F. The molecule has 170 valence electrons. The van der Waals surface area contributed by atoms with E-state index in [1.54, 1.807) is 13.0 Å². The highest BCUT2D eigenvalue weighted by Gasteiger charge is 2.45. The summed E-state index contributed by atoms with van der Waals surface area (Å²) in [5, 5.41) is 44.4. The largest absolute Gasteiger partial charge is 0.443 e. The number of aliphatic hydroxyl groups is 4. The van der Waals surface area contributed by atoms with Crippen LogP contribution in [0, 0.1) is 19.7 Å². The molecule has 1 aliphatic heterocycles. The number of aryl methyl sites for hydroxylation is 1. The van der Waals surface area contributed by atoms with Gasteiger partial charge in [0.15, 0.2) is 0 Å². The highest BCUT2D eigenvalue weighted by Crippen LogP contribution is 2.36. The van der Waals surface area contributed by atoms with Gasteiger partial charge in [-0.1, -0.05) is 12.1 Å². The molecule has 9 heteroatoms. The summed E-state index contributed by atoms with van der Waals surface area (Å²) in [4.78, 5) is 0. The molecular formula is C22H29FN2O6. The fourth-order valence-corrected chi connectivity index (χ4v) is 4.04. The minimum absolute atomic E-state index is 0.217. The monoisotopic (exact) mass is 436 g/mol. The maximum absolute atomic E-state index is 14.1. The van der Waals surface area contributed by atoms with Gasteiger partial charge < -0.3 is 29.9 Å². The molecule has 0 bridgehead atoms. The van der Waals surface area contributed by atoms with Crippen LogP contribution in [0.1, 0.15) is 47.7 Å². The number of halogens is 1. The Kier molecular flexibility index (Phi) is 6.32. The third-order valence-electron chi connectivity index (χ3n) is 6.35. The van der Waals surface area contributed by atoms with E-state index in [4.69, 9.17) is 9.47 Å². The highest BCUT2D eigenvalue weighted by atomic mass is 19.1. The molecule has 5 atom stereocenters. The Balaban J connectivity index is 1.65. The van der Waals surface area contributed by atoms with Crippen LogP contribution in [0.15, 0.2) is 18.2 Å². The first-order chi connectivity index (χ1) is 14.8. The average Bonchev–Trinajstić information content (AvgIpc) is 2.99. The topological polar surface area (TPSA) is 117 Å². The van der Waals surface area contributed by atoms with E-state index >= 15 is 0 Å². The molecule has 1 aliphatic carbocycles. The molecule has 4 N–H and O–H groups in total. The molecule has 1 saturated heterocycles. The first kappa shape index (κ1) is 22.2. The molecule has 0 radical (unpaired) electrons. The van der Waals surface area contributed by atoms with Gasteiger partial charge in [-0.15, -0.1) is 5.10 Å². The third-order valence-corrected chi connectivity index (χ3v) is 6.35. The predicted molar refractivity (Wildman–Crippen MR) is 108 cm³/mol. The number of benzene rings is 1. The second-order valence-electron chi connectivity index (χ2n) is 8.47. The minimum Gasteiger partial charge on any atom is -0.443 e. The Labute approximate surface area is 179 Å².